The van der Waals surface area contributed by atoms with Crippen molar-refractivity contribution in [2.45, 2.75) is 0 Å². The molecule has 4 nitrogen and oxygen atoms in total. The van der Waals surface area contributed by atoms with Gasteiger partial charge in [-0.2, -0.15) is 0 Å². The molecule has 0 aromatic carbocycles. The van der Waals surface area contributed by atoms with E-state index in [1.54, 1.807) is 0 Å². The van der Waals surface area contributed by atoms with Crippen molar-refractivity contribution in [1.29, 1.82) is 0 Å². The quantitative estimate of drug-likeness (QED) is 0.250. The van der Waals surface area contributed by atoms with Gasteiger partial charge >= 0.3 is 51.9 Å². The predicted molar refractivity (Wildman–Crippen MR) is 10.4 cm³/mol. The van der Waals surface area contributed by atoms with Crippen LogP contribution >= 0.6 is 0 Å². The molecule has 0 aliphatic rings. The molecule has 0 amide bonds. The predicted octanol–water partition coefficient (Wildman–Crippen LogP) is -6.23. The third-order valence-electron chi connectivity index (χ3n) is 0. The van der Waals surface area contributed by atoms with E-state index in [0.29, 0.717) is 0 Å². The summed E-state index contributed by atoms with van der Waals surface area (Å²) in [6.07, 6.45) is 0. The summed E-state index contributed by atoms with van der Waals surface area (Å²) in [5.41, 5.74) is 0. The van der Waals surface area contributed by atoms with Gasteiger partial charge in [0, 0.05) is 0 Å². The summed E-state index contributed by atoms with van der Waals surface area (Å²) in [7, 11) is 0. The van der Waals surface area contributed by atoms with Gasteiger partial charge in [0.1, 0.15) is 0 Å². The van der Waals surface area contributed by atoms with Gasteiger partial charge in [0.05, 0.1) is 5.09 Å². The topological polar surface area (TPSA) is 66.2 Å². The van der Waals surface area contributed by atoms with Gasteiger partial charge in [0.25, 0.3) is 0 Å². The van der Waals surface area contributed by atoms with E-state index >= 15 is 0 Å². The first-order chi connectivity index (χ1) is 1.73. The van der Waals surface area contributed by atoms with Crippen molar-refractivity contribution < 1.29 is 74.0 Å². The average molecular weight is 273 g/mol. The van der Waals surface area contributed by atoms with E-state index in [-0.39, 0.29) is 68.9 Å². The molecule has 0 aromatic heterocycles. The van der Waals surface area contributed by atoms with Crippen LogP contribution in [0.15, 0.2) is 0 Å². The van der Waals surface area contributed by atoms with Crippen LogP contribution in [0, 0.1) is 15.3 Å². The Hall–Kier alpha value is 1.42. The zero-order chi connectivity index (χ0) is 3.58. The molecule has 42 valence electrons. The fourth-order valence-electron chi connectivity index (χ4n) is 0. The Morgan fingerprint density at radius 2 is 1.29 bits per heavy atom. The van der Waals surface area contributed by atoms with Gasteiger partial charge in [0.2, 0.25) is 0 Å². The van der Waals surface area contributed by atoms with Crippen molar-refractivity contribution in [3.05, 3.63) is 15.3 Å². The first-order valence-electron chi connectivity index (χ1n) is 0.548. The van der Waals surface area contributed by atoms with E-state index in [9.17, 15) is 0 Å². The Labute approximate surface area is 88.3 Å². The molecule has 0 N–H and O–H groups in total. The van der Waals surface area contributed by atoms with Gasteiger partial charge in [-0.1, -0.05) is 0 Å². The van der Waals surface area contributed by atoms with Crippen molar-refractivity contribution in [2.75, 3.05) is 0 Å². The first kappa shape index (κ1) is 23.7. The molecule has 0 atom stereocenters. The van der Waals surface area contributed by atoms with Crippen molar-refractivity contribution in [2.24, 2.45) is 0 Å². The monoisotopic (exact) mass is 271 g/mol. The van der Waals surface area contributed by atoms with Crippen molar-refractivity contribution in [3.63, 3.8) is 0 Å². The van der Waals surface area contributed by atoms with E-state index in [1.165, 1.54) is 0 Å². The first-order valence-corrected chi connectivity index (χ1v) is 0.548. The molecule has 0 rings (SSSR count). The average Bonchev–Trinajstić information content (AvgIpc) is 0.811. The SMILES string of the molecule is O=[N+]([O-])[O-].[Ag+].[Br-].[Na+]. The van der Waals surface area contributed by atoms with E-state index in [2.05, 4.69) is 0 Å². The number of hydrogen-bond acceptors (Lipinski definition) is 3. The summed E-state index contributed by atoms with van der Waals surface area (Å²) in [6.45, 7) is 0. The van der Waals surface area contributed by atoms with E-state index in [1.807, 2.05) is 0 Å². The van der Waals surface area contributed by atoms with E-state index in [4.69, 9.17) is 15.3 Å². The Morgan fingerprint density at radius 3 is 1.29 bits per heavy atom. The second kappa shape index (κ2) is 15.7. The van der Waals surface area contributed by atoms with Gasteiger partial charge in [-0.25, -0.2) is 0 Å². The summed E-state index contributed by atoms with van der Waals surface area (Å²) >= 11 is 0. The van der Waals surface area contributed by atoms with Gasteiger partial charge in [0.15, 0.2) is 0 Å². The second-order valence-electron chi connectivity index (χ2n) is 0.224. The zero-order valence-electron chi connectivity index (χ0n) is 3.35. The Bertz CT molecular complexity index is 37.9. The number of nitrogens with zero attached hydrogens (tertiary/aromatic N) is 1. The van der Waals surface area contributed by atoms with Crippen LogP contribution in [0.1, 0.15) is 0 Å². The molecule has 0 saturated heterocycles. The number of hydrogen-bond donors (Lipinski definition) is 0. The molecule has 0 saturated carbocycles. The molecule has 0 spiro atoms. The van der Waals surface area contributed by atoms with Gasteiger partial charge < -0.3 is 32.3 Å². The smallest absolute Gasteiger partial charge is 1.00 e. The number of rotatable bonds is 0. The van der Waals surface area contributed by atoms with Crippen LogP contribution in [-0.4, -0.2) is 5.09 Å². The maximum absolute atomic E-state index is 8.25. The molecule has 0 heterocycles. The van der Waals surface area contributed by atoms with Crippen molar-refractivity contribution in [3.8, 4) is 0 Å². The Balaban J connectivity index is -0.0000000150. The van der Waals surface area contributed by atoms with Crippen LogP contribution in [0.2, 0.25) is 0 Å². The molecule has 7 heavy (non-hydrogen) atoms. The minimum atomic E-state index is -1.75. The summed E-state index contributed by atoms with van der Waals surface area (Å²) < 4.78 is 0. The van der Waals surface area contributed by atoms with Crippen LogP contribution in [0.25, 0.3) is 0 Å². The van der Waals surface area contributed by atoms with E-state index < -0.39 is 5.09 Å². The number of halogens is 1. The second-order valence-corrected chi connectivity index (χ2v) is 0.224. The summed E-state index contributed by atoms with van der Waals surface area (Å²) in [4.78, 5) is 8.25. The minimum Gasteiger partial charge on any atom is -1.00 e. The fraction of sp³-hybridized carbons (Fsp3) is 0. The van der Waals surface area contributed by atoms with Crippen molar-refractivity contribution >= 4 is 0 Å². The summed E-state index contributed by atoms with van der Waals surface area (Å²) in [5, 5.41) is 14.8. The van der Waals surface area contributed by atoms with Crippen molar-refractivity contribution in [1.82, 2.24) is 0 Å². The Kier molecular flexibility index (Phi) is 53.1. The van der Waals surface area contributed by atoms with Crippen LogP contribution in [0.4, 0.5) is 0 Å². The molecule has 0 bridgehead atoms. The molecular formula is AgBrNNaO3. The van der Waals surface area contributed by atoms with Crippen LogP contribution in [-0.2, 0) is 22.4 Å². The molecule has 0 aromatic rings. The molecule has 0 radical (unpaired) electrons. The van der Waals surface area contributed by atoms with E-state index in [0.717, 1.165) is 0 Å². The largest absolute Gasteiger partial charge is 1.00 e. The molecular weight excluding hydrogens is 273 g/mol. The summed E-state index contributed by atoms with van der Waals surface area (Å²) in [5.74, 6) is 0. The summed E-state index contributed by atoms with van der Waals surface area (Å²) in [6, 6.07) is 0. The molecule has 0 fully saturated rings. The molecule has 0 unspecified atom stereocenters. The van der Waals surface area contributed by atoms with Crippen LogP contribution < -0.4 is 46.5 Å². The maximum Gasteiger partial charge on any atom is 1.00 e. The maximum atomic E-state index is 8.25. The third kappa shape index (κ3) is 108. The molecule has 0 aliphatic heterocycles. The fourth-order valence-corrected chi connectivity index (χ4v) is 0. The van der Waals surface area contributed by atoms with Gasteiger partial charge in [-0.05, 0) is 0 Å². The van der Waals surface area contributed by atoms with Gasteiger partial charge in [-0.15, -0.1) is 0 Å². The molecule has 0 aliphatic carbocycles. The zero-order valence-corrected chi connectivity index (χ0v) is 8.42. The third-order valence-corrected chi connectivity index (χ3v) is 0. The molecule has 7 heteroatoms. The van der Waals surface area contributed by atoms with Crippen LogP contribution in [0.5, 0.6) is 0 Å². The normalized spacial score (nSPS) is 3.43. The Morgan fingerprint density at radius 1 is 1.29 bits per heavy atom. The van der Waals surface area contributed by atoms with Crippen LogP contribution in [0.3, 0.4) is 0 Å². The standard InChI is InChI=1S/Ag.BrH.NO3.Na/c;;2-1(3)4;/h;1H;;/q+1;;-1;+1/p-1. The van der Waals surface area contributed by atoms with Gasteiger partial charge in [-0.3, -0.25) is 0 Å². The minimum absolute atomic E-state index is 0.